The fourth-order valence-electron chi connectivity index (χ4n) is 2.94. The van der Waals surface area contributed by atoms with E-state index >= 15 is 0 Å². The summed E-state index contributed by atoms with van der Waals surface area (Å²) in [4.78, 5) is 14.5. The van der Waals surface area contributed by atoms with E-state index < -0.39 is 0 Å². The van der Waals surface area contributed by atoms with Gasteiger partial charge in [-0.2, -0.15) is 5.10 Å². The van der Waals surface area contributed by atoms with Crippen LogP contribution in [0.25, 0.3) is 10.9 Å². The van der Waals surface area contributed by atoms with E-state index in [1.807, 2.05) is 23.1 Å². The summed E-state index contributed by atoms with van der Waals surface area (Å²) in [5, 5.41) is 11.3. The van der Waals surface area contributed by atoms with Crippen LogP contribution in [0.4, 0.5) is 0 Å². The highest BCUT2D eigenvalue weighted by molar-refractivity contribution is 5.97. The van der Waals surface area contributed by atoms with E-state index in [-0.39, 0.29) is 5.91 Å². The van der Waals surface area contributed by atoms with Crippen molar-refractivity contribution in [1.29, 1.82) is 0 Å². The standard InChI is InChI=1S/C16H22N4O/c1-2-17-10-12-5-7-20(8-6-12)16(21)13-3-4-14-11-18-19-15(14)9-13/h3-4,9,11-12,17H,2,5-8,10H2,1H3,(H,18,19). The Hall–Kier alpha value is -1.88. The number of hydrogen-bond acceptors (Lipinski definition) is 3. The number of aromatic nitrogens is 2. The molecule has 1 aromatic heterocycles. The van der Waals surface area contributed by atoms with Crippen LogP contribution in [0.2, 0.25) is 0 Å². The van der Waals surface area contributed by atoms with Crippen LogP contribution in [-0.2, 0) is 0 Å². The topological polar surface area (TPSA) is 61.0 Å². The molecule has 1 fully saturated rings. The van der Waals surface area contributed by atoms with Crippen molar-refractivity contribution >= 4 is 16.8 Å². The number of nitrogens with zero attached hydrogens (tertiary/aromatic N) is 2. The van der Waals surface area contributed by atoms with Gasteiger partial charge in [-0.25, -0.2) is 0 Å². The first-order valence-electron chi connectivity index (χ1n) is 7.71. The molecule has 1 aliphatic rings. The van der Waals surface area contributed by atoms with Crippen molar-refractivity contribution in [2.75, 3.05) is 26.2 Å². The molecule has 0 unspecified atom stereocenters. The van der Waals surface area contributed by atoms with E-state index in [2.05, 4.69) is 22.4 Å². The SMILES string of the molecule is CCNCC1CCN(C(=O)c2ccc3cn[nH]c3c2)CC1. The highest BCUT2D eigenvalue weighted by Crippen LogP contribution is 2.20. The quantitative estimate of drug-likeness (QED) is 0.904. The molecule has 3 rings (SSSR count). The van der Waals surface area contributed by atoms with Crippen LogP contribution in [0.5, 0.6) is 0 Å². The van der Waals surface area contributed by atoms with E-state index in [1.165, 1.54) is 0 Å². The Balaban J connectivity index is 1.63. The third-order valence-electron chi connectivity index (χ3n) is 4.27. The van der Waals surface area contributed by atoms with E-state index in [0.29, 0.717) is 5.92 Å². The fourth-order valence-corrected chi connectivity index (χ4v) is 2.94. The molecule has 2 heterocycles. The number of carbonyl (C=O) groups excluding carboxylic acids is 1. The molecule has 21 heavy (non-hydrogen) atoms. The van der Waals surface area contributed by atoms with Gasteiger partial charge in [-0.15, -0.1) is 0 Å². The summed E-state index contributed by atoms with van der Waals surface area (Å²) in [6.07, 6.45) is 3.95. The van der Waals surface area contributed by atoms with E-state index in [1.54, 1.807) is 6.20 Å². The molecule has 2 aromatic rings. The smallest absolute Gasteiger partial charge is 0.253 e. The molecule has 0 spiro atoms. The highest BCUT2D eigenvalue weighted by atomic mass is 16.2. The van der Waals surface area contributed by atoms with E-state index in [9.17, 15) is 4.79 Å². The van der Waals surface area contributed by atoms with E-state index in [0.717, 1.165) is 55.5 Å². The van der Waals surface area contributed by atoms with Crippen LogP contribution >= 0.6 is 0 Å². The Labute approximate surface area is 124 Å². The molecule has 1 saturated heterocycles. The van der Waals surface area contributed by atoms with Gasteiger partial charge in [0.15, 0.2) is 0 Å². The molecule has 1 aliphatic heterocycles. The number of carbonyl (C=O) groups is 1. The van der Waals surface area contributed by atoms with Crippen LogP contribution in [0.15, 0.2) is 24.4 Å². The molecular weight excluding hydrogens is 264 g/mol. The Kier molecular flexibility index (Phi) is 4.20. The number of piperidine rings is 1. The zero-order chi connectivity index (χ0) is 14.7. The second-order valence-corrected chi connectivity index (χ2v) is 5.72. The van der Waals surface area contributed by atoms with Crippen molar-refractivity contribution < 1.29 is 4.79 Å². The van der Waals surface area contributed by atoms with Gasteiger partial charge in [0.05, 0.1) is 11.7 Å². The maximum atomic E-state index is 12.6. The summed E-state index contributed by atoms with van der Waals surface area (Å²) in [7, 11) is 0. The number of amides is 1. The molecule has 1 amide bonds. The lowest BCUT2D eigenvalue weighted by molar-refractivity contribution is 0.0690. The van der Waals surface area contributed by atoms with Gasteiger partial charge in [0.1, 0.15) is 0 Å². The van der Waals surface area contributed by atoms with Crippen molar-refractivity contribution in [2.45, 2.75) is 19.8 Å². The average Bonchev–Trinajstić information content (AvgIpc) is 3.00. The first-order chi connectivity index (χ1) is 10.3. The van der Waals surface area contributed by atoms with Crippen molar-refractivity contribution in [3.05, 3.63) is 30.0 Å². The first kappa shape index (κ1) is 14.1. The predicted octanol–water partition coefficient (Wildman–Crippen LogP) is 2.02. The third kappa shape index (κ3) is 3.08. The molecule has 112 valence electrons. The average molecular weight is 286 g/mol. The van der Waals surface area contributed by atoms with Crippen LogP contribution < -0.4 is 5.32 Å². The van der Waals surface area contributed by atoms with Gasteiger partial charge in [0.25, 0.3) is 5.91 Å². The fraction of sp³-hybridized carbons (Fsp3) is 0.500. The molecule has 5 nitrogen and oxygen atoms in total. The molecule has 0 aliphatic carbocycles. The minimum Gasteiger partial charge on any atom is -0.339 e. The summed E-state index contributed by atoms with van der Waals surface area (Å²) in [6.45, 7) is 5.93. The maximum absolute atomic E-state index is 12.6. The van der Waals surface area contributed by atoms with E-state index in [4.69, 9.17) is 0 Å². The number of likely N-dealkylation sites (tertiary alicyclic amines) is 1. The van der Waals surface area contributed by atoms with Crippen LogP contribution in [-0.4, -0.2) is 47.2 Å². The number of rotatable bonds is 4. The van der Waals surface area contributed by atoms with Crippen molar-refractivity contribution in [3.63, 3.8) is 0 Å². The summed E-state index contributed by atoms with van der Waals surface area (Å²) >= 11 is 0. The van der Waals surface area contributed by atoms with Gasteiger partial charge in [-0.3, -0.25) is 9.89 Å². The number of fused-ring (bicyclic) bond motifs is 1. The van der Waals surface area contributed by atoms with Crippen LogP contribution in [0, 0.1) is 5.92 Å². The maximum Gasteiger partial charge on any atom is 0.253 e. The zero-order valence-corrected chi connectivity index (χ0v) is 12.4. The summed E-state index contributed by atoms with van der Waals surface area (Å²) in [5.74, 6) is 0.831. The van der Waals surface area contributed by atoms with Crippen LogP contribution in [0.3, 0.4) is 0 Å². The monoisotopic (exact) mass is 286 g/mol. The second-order valence-electron chi connectivity index (χ2n) is 5.72. The normalized spacial score (nSPS) is 16.5. The highest BCUT2D eigenvalue weighted by Gasteiger charge is 2.23. The van der Waals surface area contributed by atoms with Gasteiger partial charge in [0.2, 0.25) is 0 Å². The number of H-pyrrole nitrogens is 1. The predicted molar refractivity (Wildman–Crippen MR) is 83.3 cm³/mol. The van der Waals surface area contributed by atoms with Gasteiger partial charge < -0.3 is 10.2 Å². The zero-order valence-electron chi connectivity index (χ0n) is 12.4. The Bertz CT molecular complexity index is 614. The van der Waals surface area contributed by atoms with Crippen molar-refractivity contribution in [2.24, 2.45) is 5.92 Å². The number of hydrogen-bond donors (Lipinski definition) is 2. The Morgan fingerprint density at radius 1 is 1.43 bits per heavy atom. The molecule has 1 aromatic carbocycles. The number of benzene rings is 1. The lowest BCUT2D eigenvalue weighted by atomic mass is 9.96. The third-order valence-corrected chi connectivity index (χ3v) is 4.27. The second kappa shape index (κ2) is 6.26. The summed E-state index contributed by atoms with van der Waals surface area (Å²) in [5.41, 5.74) is 1.67. The van der Waals surface area contributed by atoms with Gasteiger partial charge in [0, 0.05) is 24.0 Å². The van der Waals surface area contributed by atoms with Gasteiger partial charge in [-0.1, -0.05) is 13.0 Å². The van der Waals surface area contributed by atoms with Crippen molar-refractivity contribution in [1.82, 2.24) is 20.4 Å². The largest absolute Gasteiger partial charge is 0.339 e. The number of aromatic amines is 1. The molecule has 5 heteroatoms. The first-order valence-corrected chi connectivity index (χ1v) is 7.71. The van der Waals surface area contributed by atoms with Gasteiger partial charge in [-0.05, 0) is 44.0 Å². The van der Waals surface area contributed by atoms with Gasteiger partial charge >= 0.3 is 0 Å². The molecule has 0 bridgehead atoms. The Morgan fingerprint density at radius 2 is 2.24 bits per heavy atom. The number of nitrogens with one attached hydrogen (secondary N) is 2. The molecule has 2 N–H and O–H groups in total. The van der Waals surface area contributed by atoms with Crippen molar-refractivity contribution in [3.8, 4) is 0 Å². The molecule has 0 radical (unpaired) electrons. The minimum atomic E-state index is 0.133. The molecule has 0 saturated carbocycles. The summed E-state index contributed by atoms with van der Waals surface area (Å²) in [6, 6.07) is 5.74. The lowest BCUT2D eigenvalue weighted by Gasteiger charge is -2.32. The minimum absolute atomic E-state index is 0.133. The molecule has 0 atom stereocenters. The lowest BCUT2D eigenvalue weighted by Crippen LogP contribution is -2.40. The van der Waals surface area contributed by atoms with Crippen LogP contribution in [0.1, 0.15) is 30.1 Å². The summed E-state index contributed by atoms with van der Waals surface area (Å²) < 4.78 is 0. The molecular formula is C16H22N4O. The Morgan fingerprint density at radius 3 is 3.00 bits per heavy atom.